The summed E-state index contributed by atoms with van der Waals surface area (Å²) in [7, 11) is 1.57. The van der Waals surface area contributed by atoms with Gasteiger partial charge in [-0.25, -0.2) is 0 Å². The molecule has 0 spiro atoms. The lowest BCUT2D eigenvalue weighted by Crippen LogP contribution is -2.39. The van der Waals surface area contributed by atoms with Crippen LogP contribution in [0.5, 0.6) is 5.75 Å². The zero-order valence-corrected chi connectivity index (χ0v) is 12.7. The minimum Gasteiger partial charge on any atom is -0.495 e. The first-order valence-corrected chi connectivity index (χ1v) is 7.67. The molecule has 0 saturated heterocycles. The van der Waals surface area contributed by atoms with Gasteiger partial charge in [0.2, 0.25) is 0 Å². The van der Waals surface area contributed by atoms with Crippen LogP contribution in [0.15, 0.2) is 18.2 Å². The molecule has 0 bridgehead atoms. The van der Waals surface area contributed by atoms with E-state index in [1.807, 2.05) is 18.2 Å². The molecule has 0 unspecified atom stereocenters. The molecule has 1 saturated carbocycles. The SMILES string of the molecule is COc1ccc(CNCC2(O)CCCCCC2)cc1C#N. The van der Waals surface area contributed by atoms with Crippen molar-refractivity contribution in [3.05, 3.63) is 29.3 Å². The summed E-state index contributed by atoms with van der Waals surface area (Å²) in [5.74, 6) is 0.601. The van der Waals surface area contributed by atoms with E-state index in [0.29, 0.717) is 24.4 Å². The fourth-order valence-corrected chi connectivity index (χ4v) is 2.96. The van der Waals surface area contributed by atoms with Gasteiger partial charge in [-0.05, 0) is 30.5 Å². The number of nitrogens with one attached hydrogen (secondary N) is 1. The van der Waals surface area contributed by atoms with Gasteiger partial charge in [-0.1, -0.05) is 31.7 Å². The van der Waals surface area contributed by atoms with E-state index in [-0.39, 0.29) is 0 Å². The van der Waals surface area contributed by atoms with Crippen LogP contribution in [0.25, 0.3) is 0 Å². The Hall–Kier alpha value is -1.57. The first-order chi connectivity index (χ1) is 10.2. The number of rotatable bonds is 5. The average molecular weight is 288 g/mol. The number of nitriles is 1. The lowest BCUT2D eigenvalue weighted by Gasteiger charge is -2.27. The Morgan fingerprint density at radius 3 is 2.62 bits per heavy atom. The zero-order chi connectivity index (χ0) is 15.1. The number of benzene rings is 1. The van der Waals surface area contributed by atoms with E-state index >= 15 is 0 Å². The molecule has 4 heteroatoms. The Morgan fingerprint density at radius 1 is 1.29 bits per heavy atom. The van der Waals surface area contributed by atoms with Crippen molar-refractivity contribution in [2.24, 2.45) is 0 Å². The van der Waals surface area contributed by atoms with E-state index in [4.69, 9.17) is 10.00 Å². The minimum atomic E-state index is -0.568. The molecule has 1 aromatic rings. The van der Waals surface area contributed by atoms with Crippen molar-refractivity contribution in [1.29, 1.82) is 5.26 Å². The summed E-state index contributed by atoms with van der Waals surface area (Å²) < 4.78 is 5.14. The number of hydrogen-bond acceptors (Lipinski definition) is 4. The molecule has 21 heavy (non-hydrogen) atoms. The Morgan fingerprint density at radius 2 is 2.00 bits per heavy atom. The second-order valence-electron chi connectivity index (χ2n) is 5.89. The van der Waals surface area contributed by atoms with Crippen LogP contribution in [0.1, 0.15) is 49.7 Å². The number of nitrogens with zero attached hydrogens (tertiary/aromatic N) is 1. The van der Waals surface area contributed by atoms with Gasteiger partial charge in [-0.2, -0.15) is 5.26 Å². The number of ether oxygens (including phenoxy) is 1. The monoisotopic (exact) mass is 288 g/mol. The molecule has 114 valence electrons. The fourth-order valence-electron chi connectivity index (χ4n) is 2.96. The van der Waals surface area contributed by atoms with Crippen molar-refractivity contribution in [3.8, 4) is 11.8 Å². The summed E-state index contributed by atoms with van der Waals surface area (Å²) in [6.07, 6.45) is 6.44. The predicted octanol–water partition coefficient (Wildman–Crippen LogP) is 2.74. The molecule has 1 aromatic carbocycles. The Balaban J connectivity index is 1.89. The summed E-state index contributed by atoms with van der Waals surface area (Å²) in [6.45, 7) is 1.27. The smallest absolute Gasteiger partial charge is 0.136 e. The van der Waals surface area contributed by atoms with Crippen LogP contribution < -0.4 is 10.1 Å². The third kappa shape index (κ3) is 4.45. The first-order valence-electron chi connectivity index (χ1n) is 7.67. The van der Waals surface area contributed by atoms with Crippen LogP contribution in [-0.4, -0.2) is 24.4 Å². The molecule has 2 N–H and O–H groups in total. The highest BCUT2D eigenvalue weighted by Crippen LogP contribution is 2.26. The molecule has 2 rings (SSSR count). The minimum absolute atomic E-state index is 0.546. The van der Waals surface area contributed by atoms with Crippen molar-refractivity contribution >= 4 is 0 Å². The van der Waals surface area contributed by atoms with Gasteiger partial charge in [0.05, 0.1) is 18.3 Å². The molecule has 0 aliphatic heterocycles. The van der Waals surface area contributed by atoms with Gasteiger partial charge in [-0.3, -0.25) is 0 Å². The highest BCUT2D eigenvalue weighted by atomic mass is 16.5. The van der Waals surface area contributed by atoms with E-state index in [0.717, 1.165) is 31.2 Å². The molecule has 4 nitrogen and oxygen atoms in total. The molecule has 0 aromatic heterocycles. The van der Waals surface area contributed by atoms with Crippen molar-refractivity contribution in [1.82, 2.24) is 5.32 Å². The lowest BCUT2D eigenvalue weighted by molar-refractivity contribution is 0.0250. The van der Waals surface area contributed by atoms with Crippen molar-refractivity contribution < 1.29 is 9.84 Å². The summed E-state index contributed by atoms with van der Waals surface area (Å²) in [5, 5.41) is 23.0. The van der Waals surface area contributed by atoms with Gasteiger partial charge in [0, 0.05) is 13.1 Å². The van der Waals surface area contributed by atoms with E-state index in [1.165, 1.54) is 12.8 Å². The first kappa shape index (κ1) is 15.8. The van der Waals surface area contributed by atoms with E-state index in [1.54, 1.807) is 7.11 Å². The maximum Gasteiger partial charge on any atom is 0.136 e. The summed E-state index contributed by atoms with van der Waals surface area (Å²) in [4.78, 5) is 0. The summed E-state index contributed by atoms with van der Waals surface area (Å²) in [5.41, 5.74) is 1.01. The van der Waals surface area contributed by atoms with E-state index in [2.05, 4.69) is 11.4 Å². The van der Waals surface area contributed by atoms with Gasteiger partial charge in [0.15, 0.2) is 0 Å². The molecule has 1 fully saturated rings. The van der Waals surface area contributed by atoms with Crippen LogP contribution in [0.4, 0.5) is 0 Å². The quantitative estimate of drug-likeness (QED) is 0.818. The number of hydrogen-bond donors (Lipinski definition) is 2. The molecular weight excluding hydrogens is 264 g/mol. The topological polar surface area (TPSA) is 65.3 Å². The van der Waals surface area contributed by atoms with Crippen molar-refractivity contribution in [3.63, 3.8) is 0 Å². The highest BCUT2D eigenvalue weighted by Gasteiger charge is 2.27. The van der Waals surface area contributed by atoms with Gasteiger partial charge < -0.3 is 15.2 Å². The lowest BCUT2D eigenvalue weighted by atomic mass is 9.94. The highest BCUT2D eigenvalue weighted by molar-refractivity contribution is 5.45. The van der Waals surface area contributed by atoms with Gasteiger partial charge >= 0.3 is 0 Å². The Labute approximate surface area is 126 Å². The van der Waals surface area contributed by atoms with Gasteiger partial charge in [0.25, 0.3) is 0 Å². The molecular formula is C17H24N2O2. The van der Waals surface area contributed by atoms with Crippen LogP contribution in [0.2, 0.25) is 0 Å². The van der Waals surface area contributed by atoms with Crippen LogP contribution in [0.3, 0.4) is 0 Å². The second kappa shape index (κ2) is 7.44. The largest absolute Gasteiger partial charge is 0.495 e. The van der Waals surface area contributed by atoms with Crippen LogP contribution >= 0.6 is 0 Å². The van der Waals surface area contributed by atoms with Crippen molar-refractivity contribution in [2.75, 3.05) is 13.7 Å². The number of aliphatic hydroxyl groups is 1. The third-order valence-corrected chi connectivity index (χ3v) is 4.20. The van der Waals surface area contributed by atoms with Crippen LogP contribution in [-0.2, 0) is 6.54 Å². The van der Waals surface area contributed by atoms with Gasteiger partial charge in [0.1, 0.15) is 11.8 Å². The van der Waals surface area contributed by atoms with Crippen LogP contribution in [0, 0.1) is 11.3 Å². The normalized spacial score (nSPS) is 17.8. The third-order valence-electron chi connectivity index (χ3n) is 4.20. The molecule has 0 atom stereocenters. The molecule has 0 amide bonds. The van der Waals surface area contributed by atoms with Crippen molar-refractivity contribution in [2.45, 2.75) is 50.7 Å². The second-order valence-corrected chi connectivity index (χ2v) is 5.89. The van der Waals surface area contributed by atoms with E-state index < -0.39 is 5.60 Å². The van der Waals surface area contributed by atoms with Gasteiger partial charge in [-0.15, -0.1) is 0 Å². The van der Waals surface area contributed by atoms with E-state index in [9.17, 15) is 5.11 Å². The maximum atomic E-state index is 10.6. The predicted molar refractivity (Wildman–Crippen MR) is 82.1 cm³/mol. The Bertz CT molecular complexity index is 500. The molecule has 1 aliphatic carbocycles. The summed E-state index contributed by atoms with van der Waals surface area (Å²) in [6, 6.07) is 7.74. The average Bonchev–Trinajstić information content (AvgIpc) is 2.72. The maximum absolute atomic E-state index is 10.6. The number of methoxy groups -OCH3 is 1. The standard InChI is InChI=1S/C17H24N2O2/c1-21-16-7-6-14(10-15(16)11-18)12-19-13-17(20)8-4-2-3-5-9-17/h6-7,10,19-20H,2-5,8-9,12-13H2,1H3. The zero-order valence-electron chi connectivity index (χ0n) is 12.7. The fraction of sp³-hybridized carbons (Fsp3) is 0.588. The Kier molecular flexibility index (Phi) is 5.60. The molecule has 1 aliphatic rings. The summed E-state index contributed by atoms with van der Waals surface area (Å²) >= 11 is 0. The molecule has 0 radical (unpaired) electrons. The molecule has 0 heterocycles.